The lowest BCUT2D eigenvalue weighted by Gasteiger charge is -2.25. The molecule has 0 aliphatic carbocycles. The molecule has 0 bridgehead atoms. The minimum atomic E-state index is -1.36. The van der Waals surface area contributed by atoms with Crippen LogP contribution in [0.2, 0.25) is 0 Å². The van der Waals surface area contributed by atoms with E-state index in [1.165, 1.54) is 36.4 Å². The second-order valence-electron chi connectivity index (χ2n) is 10.6. The van der Waals surface area contributed by atoms with E-state index in [2.05, 4.69) is 13.8 Å². The van der Waals surface area contributed by atoms with Crippen LogP contribution in [0.1, 0.15) is 66.4 Å². The van der Waals surface area contributed by atoms with Gasteiger partial charge in [0.25, 0.3) is 0 Å². The first kappa shape index (κ1) is 30.3. The van der Waals surface area contributed by atoms with Crippen molar-refractivity contribution in [3.8, 4) is 23.0 Å². The molecule has 10 nitrogen and oxygen atoms in total. The molecule has 0 saturated heterocycles. The maximum absolute atomic E-state index is 11.4. The topological polar surface area (TPSA) is 168 Å². The van der Waals surface area contributed by atoms with E-state index in [1.54, 1.807) is 24.3 Å². The van der Waals surface area contributed by atoms with Gasteiger partial charge in [-0.15, -0.1) is 0 Å². The maximum atomic E-state index is 11.4. The van der Waals surface area contributed by atoms with E-state index >= 15 is 0 Å². The Morgan fingerprint density at radius 1 is 0.488 bits per heavy atom. The number of ether oxygens (including phenoxy) is 2. The molecule has 220 valence electrons. The van der Waals surface area contributed by atoms with Crippen molar-refractivity contribution >= 4 is 23.9 Å². The van der Waals surface area contributed by atoms with Crippen molar-refractivity contribution in [3.63, 3.8) is 0 Å². The summed E-state index contributed by atoms with van der Waals surface area (Å²) in [5.74, 6) is -4.00. The van der Waals surface area contributed by atoms with Crippen molar-refractivity contribution in [3.05, 3.63) is 118 Å². The highest BCUT2D eigenvalue weighted by Crippen LogP contribution is 2.31. The molecule has 4 N–H and O–H groups in total. The van der Waals surface area contributed by atoms with Crippen LogP contribution in [0.3, 0.4) is 0 Å². The molecule has 0 spiro atoms. The third kappa shape index (κ3) is 7.76. The van der Waals surface area contributed by atoms with Crippen LogP contribution in [0, 0.1) is 5.41 Å². The van der Waals surface area contributed by atoms with Crippen LogP contribution in [0.5, 0.6) is 23.0 Å². The minimum Gasteiger partial charge on any atom is -0.478 e. The Hall–Kier alpha value is -5.64. The van der Waals surface area contributed by atoms with Gasteiger partial charge < -0.3 is 29.9 Å². The van der Waals surface area contributed by atoms with Crippen LogP contribution < -0.4 is 9.47 Å². The number of aromatic carboxylic acids is 4. The van der Waals surface area contributed by atoms with Crippen molar-refractivity contribution in [2.75, 3.05) is 0 Å². The molecule has 4 aromatic rings. The van der Waals surface area contributed by atoms with E-state index < -0.39 is 23.9 Å². The monoisotopic (exact) mass is 584 g/mol. The van der Waals surface area contributed by atoms with E-state index in [0.717, 1.165) is 24.0 Å². The van der Waals surface area contributed by atoms with Gasteiger partial charge in [-0.05, 0) is 90.0 Å². The normalized spacial score (nSPS) is 11.0. The lowest BCUT2D eigenvalue weighted by atomic mass is 9.80. The third-order valence-electron chi connectivity index (χ3n) is 6.59. The quantitative estimate of drug-likeness (QED) is 0.138. The number of carboxylic acids is 4. The van der Waals surface area contributed by atoms with Gasteiger partial charge >= 0.3 is 23.9 Å². The minimum absolute atomic E-state index is 0.128. The van der Waals surface area contributed by atoms with Crippen LogP contribution in [0.4, 0.5) is 0 Å². The fraction of sp³-hybridized carbons (Fsp3) is 0.152. The molecule has 0 radical (unpaired) electrons. The molecular formula is C33H28O10. The molecule has 43 heavy (non-hydrogen) atoms. The summed E-state index contributed by atoms with van der Waals surface area (Å²) in [5, 5.41) is 37.0. The molecule has 0 unspecified atom stereocenters. The smallest absolute Gasteiger partial charge is 0.336 e. The van der Waals surface area contributed by atoms with E-state index in [0.29, 0.717) is 11.5 Å². The van der Waals surface area contributed by atoms with Crippen LogP contribution >= 0.6 is 0 Å². The van der Waals surface area contributed by atoms with Gasteiger partial charge in [0.2, 0.25) is 0 Å². The Morgan fingerprint density at radius 2 is 0.791 bits per heavy atom. The van der Waals surface area contributed by atoms with Gasteiger partial charge in [0.1, 0.15) is 23.0 Å². The van der Waals surface area contributed by atoms with Gasteiger partial charge in [0.05, 0.1) is 22.3 Å². The fourth-order valence-corrected chi connectivity index (χ4v) is 4.69. The van der Waals surface area contributed by atoms with E-state index in [-0.39, 0.29) is 39.2 Å². The highest BCUT2D eigenvalue weighted by Gasteiger charge is 2.21. The molecule has 0 heterocycles. The highest BCUT2D eigenvalue weighted by molar-refractivity contribution is 6.02. The lowest BCUT2D eigenvalue weighted by Crippen LogP contribution is -2.18. The average molecular weight is 585 g/mol. The summed E-state index contributed by atoms with van der Waals surface area (Å²) >= 11 is 0. The standard InChI is InChI=1S/C33H28O10/c1-33(2,17-19-3-7-21(8-4-19)42-23-11-13-25(29(34)35)27(15-23)31(38)39)18-20-5-9-22(10-6-20)43-24-12-14-26(30(36)37)28(16-24)32(40)41/h3-16H,17-18H2,1-2H3,(H,34,35)(H,36,37)(H,38,39)(H,40,41). The second-order valence-corrected chi connectivity index (χ2v) is 10.6. The predicted octanol–water partition coefficient (Wildman–Crippen LogP) is 6.88. The Labute approximate surface area is 246 Å². The van der Waals surface area contributed by atoms with Gasteiger partial charge in [-0.2, -0.15) is 0 Å². The first-order chi connectivity index (χ1) is 20.3. The number of hydrogen-bond acceptors (Lipinski definition) is 6. The molecule has 4 aromatic carbocycles. The second kappa shape index (κ2) is 12.5. The van der Waals surface area contributed by atoms with Crippen molar-refractivity contribution in [1.82, 2.24) is 0 Å². The van der Waals surface area contributed by atoms with Gasteiger partial charge in [-0.25, -0.2) is 19.2 Å². The van der Waals surface area contributed by atoms with Crippen LogP contribution in [-0.4, -0.2) is 44.3 Å². The largest absolute Gasteiger partial charge is 0.478 e. The molecule has 0 aliphatic heterocycles. The van der Waals surface area contributed by atoms with Gasteiger partial charge in [0.15, 0.2) is 0 Å². The SMILES string of the molecule is CC(C)(Cc1ccc(Oc2ccc(C(=O)O)c(C(=O)O)c2)cc1)Cc1ccc(Oc2ccc(C(=O)O)c(C(=O)O)c2)cc1. The van der Waals surface area contributed by atoms with E-state index in [9.17, 15) is 39.6 Å². The van der Waals surface area contributed by atoms with Crippen LogP contribution in [0.25, 0.3) is 0 Å². The molecular weight excluding hydrogens is 556 g/mol. The molecule has 0 aromatic heterocycles. The first-order valence-corrected chi connectivity index (χ1v) is 13.1. The van der Waals surface area contributed by atoms with Crippen LogP contribution in [0.15, 0.2) is 84.9 Å². The van der Waals surface area contributed by atoms with Crippen molar-refractivity contribution in [1.29, 1.82) is 0 Å². The van der Waals surface area contributed by atoms with Crippen molar-refractivity contribution < 1.29 is 49.1 Å². The zero-order valence-corrected chi connectivity index (χ0v) is 23.2. The predicted molar refractivity (Wildman–Crippen MR) is 155 cm³/mol. The number of carbonyl (C=O) groups is 4. The summed E-state index contributed by atoms with van der Waals surface area (Å²) in [6.07, 6.45) is 1.49. The average Bonchev–Trinajstić information content (AvgIpc) is 2.94. The van der Waals surface area contributed by atoms with Gasteiger partial charge in [-0.1, -0.05) is 38.1 Å². The van der Waals surface area contributed by atoms with Crippen molar-refractivity contribution in [2.45, 2.75) is 26.7 Å². The molecule has 0 aliphatic rings. The van der Waals surface area contributed by atoms with Crippen molar-refractivity contribution in [2.24, 2.45) is 5.41 Å². The number of benzene rings is 4. The molecule has 10 heteroatoms. The highest BCUT2D eigenvalue weighted by atomic mass is 16.5. The Morgan fingerprint density at radius 3 is 1.09 bits per heavy atom. The molecule has 0 atom stereocenters. The van der Waals surface area contributed by atoms with Gasteiger partial charge in [0, 0.05) is 0 Å². The summed E-state index contributed by atoms with van der Waals surface area (Å²) in [7, 11) is 0. The summed E-state index contributed by atoms with van der Waals surface area (Å²) in [6, 6.07) is 22.3. The lowest BCUT2D eigenvalue weighted by molar-refractivity contribution is 0.0651. The number of carboxylic acid groups (broad SMARTS) is 4. The summed E-state index contributed by atoms with van der Waals surface area (Å²) < 4.78 is 11.5. The van der Waals surface area contributed by atoms with E-state index in [4.69, 9.17) is 9.47 Å². The Bertz CT molecular complexity index is 1560. The molecule has 4 rings (SSSR count). The molecule has 0 saturated carbocycles. The van der Waals surface area contributed by atoms with Crippen LogP contribution in [-0.2, 0) is 12.8 Å². The summed E-state index contributed by atoms with van der Waals surface area (Å²) in [5.41, 5.74) is 0.640. The maximum Gasteiger partial charge on any atom is 0.336 e. The van der Waals surface area contributed by atoms with E-state index in [1.807, 2.05) is 24.3 Å². The fourth-order valence-electron chi connectivity index (χ4n) is 4.69. The number of rotatable bonds is 12. The molecule has 0 amide bonds. The summed E-state index contributed by atoms with van der Waals surface area (Å²) in [6.45, 7) is 4.27. The summed E-state index contributed by atoms with van der Waals surface area (Å²) in [4.78, 5) is 45.4. The number of hydrogen-bond donors (Lipinski definition) is 4. The third-order valence-corrected chi connectivity index (χ3v) is 6.59. The molecule has 0 fully saturated rings. The zero-order chi connectivity index (χ0) is 31.3. The first-order valence-electron chi connectivity index (χ1n) is 13.1. The Kier molecular flexibility index (Phi) is 8.80. The zero-order valence-electron chi connectivity index (χ0n) is 23.2. The Balaban J connectivity index is 1.37. The van der Waals surface area contributed by atoms with Gasteiger partial charge in [-0.3, -0.25) is 0 Å².